The maximum absolute atomic E-state index is 3.80. The molecule has 0 aromatic carbocycles. The fourth-order valence-corrected chi connectivity index (χ4v) is 4.01. The summed E-state index contributed by atoms with van der Waals surface area (Å²) in [5.74, 6) is 2.80. The summed E-state index contributed by atoms with van der Waals surface area (Å²) in [7, 11) is 0. The lowest BCUT2D eigenvalue weighted by Gasteiger charge is -2.33. The fourth-order valence-electron chi connectivity index (χ4n) is 4.01. The van der Waals surface area contributed by atoms with Crippen LogP contribution in [0.2, 0.25) is 0 Å². The highest BCUT2D eigenvalue weighted by Gasteiger charge is 2.23. The van der Waals surface area contributed by atoms with Crippen molar-refractivity contribution in [2.45, 2.75) is 65.3 Å². The van der Waals surface area contributed by atoms with Crippen LogP contribution in [-0.4, -0.2) is 37.1 Å². The number of likely N-dealkylation sites (tertiary alicyclic amines) is 1. The maximum Gasteiger partial charge on any atom is 0.00721 e. The lowest BCUT2D eigenvalue weighted by Crippen LogP contribution is -2.39. The zero-order valence-electron chi connectivity index (χ0n) is 13.3. The van der Waals surface area contributed by atoms with Gasteiger partial charge in [0.25, 0.3) is 0 Å². The van der Waals surface area contributed by atoms with Gasteiger partial charge in [-0.2, -0.15) is 0 Å². The SMILES string of the molecule is CC1CCN(CCCNC2CC(C)CC(C)C2)CC1. The van der Waals surface area contributed by atoms with Gasteiger partial charge < -0.3 is 10.2 Å². The fraction of sp³-hybridized carbons (Fsp3) is 1.00. The second-order valence-corrected chi connectivity index (χ2v) is 7.45. The molecule has 0 aromatic heterocycles. The van der Waals surface area contributed by atoms with Crippen LogP contribution in [0, 0.1) is 17.8 Å². The Hall–Kier alpha value is -0.0800. The van der Waals surface area contributed by atoms with Crippen molar-refractivity contribution < 1.29 is 0 Å². The molecule has 1 aliphatic carbocycles. The highest BCUT2D eigenvalue weighted by atomic mass is 15.1. The molecule has 2 aliphatic rings. The Bertz CT molecular complexity index is 236. The zero-order chi connectivity index (χ0) is 13.7. The van der Waals surface area contributed by atoms with Gasteiger partial charge in [-0.05, 0) is 82.5 Å². The molecule has 2 heteroatoms. The molecule has 19 heavy (non-hydrogen) atoms. The third-order valence-corrected chi connectivity index (χ3v) is 5.14. The third kappa shape index (κ3) is 5.43. The van der Waals surface area contributed by atoms with Crippen LogP contribution in [-0.2, 0) is 0 Å². The Labute approximate surface area is 120 Å². The van der Waals surface area contributed by atoms with Crippen molar-refractivity contribution in [3.63, 3.8) is 0 Å². The van der Waals surface area contributed by atoms with Crippen molar-refractivity contribution in [3.05, 3.63) is 0 Å². The van der Waals surface area contributed by atoms with Crippen molar-refractivity contribution in [2.24, 2.45) is 17.8 Å². The third-order valence-electron chi connectivity index (χ3n) is 5.14. The standard InChI is InChI=1S/C17H34N2/c1-14-5-9-19(10-6-14)8-4-7-18-17-12-15(2)11-16(3)13-17/h14-18H,4-13H2,1-3H3. The van der Waals surface area contributed by atoms with Crippen LogP contribution in [0.1, 0.15) is 59.3 Å². The molecule has 1 aliphatic heterocycles. The van der Waals surface area contributed by atoms with Crippen LogP contribution >= 0.6 is 0 Å². The van der Waals surface area contributed by atoms with Crippen LogP contribution in [0.5, 0.6) is 0 Å². The summed E-state index contributed by atoms with van der Waals surface area (Å²) < 4.78 is 0. The monoisotopic (exact) mass is 266 g/mol. The number of hydrogen-bond donors (Lipinski definition) is 1. The minimum atomic E-state index is 0.792. The summed E-state index contributed by atoms with van der Waals surface area (Å²) in [6.07, 6.45) is 8.37. The number of nitrogens with one attached hydrogen (secondary N) is 1. The number of hydrogen-bond acceptors (Lipinski definition) is 2. The molecule has 1 saturated carbocycles. The average molecular weight is 266 g/mol. The van der Waals surface area contributed by atoms with E-state index >= 15 is 0 Å². The van der Waals surface area contributed by atoms with Gasteiger partial charge in [0.05, 0.1) is 0 Å². The van der Waals surface area contributed by atoms with Crippen LogP contribution in [0.25, 0.3) is 0 Å². The van der Waals surface area contributed by atoms with Crippen molar-refractivity contribution in [2.75, 3.05) is 26.2 Å². The molecule has 0 bridgehead atoms. The molecular weight excluding hydrogens is 232 g/mol. The normalized spacial score (nSPS) is 34.6. The van der Waals surface area contributed by atoms with Gasteiger partial charge in [-0.15, -0.1) is 0 Å². The summed E-state index contributed by atoms with van der Waals surface area (Å²) in [4.78, 5) is 2.66. The van der Waals surface area contributed by atoms with E-state index in [0.29, 0.717) is 0 Å². The molecule has 1 N–H and O–H groups in total. The van der Waals surface area contributed by atoms with Gasteiger partial charge in [0.2, 0.25) is 0 Å². The molecule has 2 atom stereocenters. The minimum absolute atomic E-state index is 0.792. The lowest BCUT2D eigenvalue weighted by atomic mass is 9.80. The van der Waals surface area contributed by atoms with E-state index in [2.05, 4.69) is 31.0 Å². The minimum Gasteiger partial charge on any atom is -0.314 e. The number of piperidine rings is 1. The zero-order valence-corrected chi connectivity index (χ0v) is 13.3. The van der Waals surface area contributed by atoms with Gasteiger partial charge in [0, 0.05) is 6.04 Å². The first-order chi connectivity index (χ1) is 9.13. The molecule has 112 valence electrons. The van der Waals surface area contributed by atoms with Crippen LogP contribution in [0.15, 0.2) is 0 Å². The molecular formula is C17H34N2. The predicted octanol–water partition coefficient (Wildman–Crippen LogP) is 3.52. The Morgan fingerprint density at radius 2 is 1.53 bits per heavy atom. The first-order valence-corrected chi connectivity index (χ1v) is 8.59. The van der Waals surface area contributed by atoms with E-state index in [9.17, 15) is 0 Å². The molecule has 2 nitrogen and oxygen atoms in total. The summed E-state index contributed by atoms with van der Waals surface area (Å²) in [5.41, 5.74) is 0. The largest absolute Gasteiger partial charge is 0.314 e. The van der Waals surface area contributed by atoms with E-state index in [1.54, 1.807) is 0 Å². The Kier molecular flexibility index (Phi) is 6.15. The smallest absolute Gasteiger partial charge is 0.00721 e. The predicted molar refractivity (Wildman–Crippen MR) is 83.4 cm³/mol. The van der Waals surface area contributed by atoms with E-state index in [-0.39, 0.29) is 0 Å². The molecule has 1 heterocycles. The maximum atomic E-state index is 3.80. The van der Waals surface area contributed by atoms with Gasteiger partial charge in [-0.3, -0.25) is 0 Å². The Balaban J connectivity index is 1.54. The topological polar surface area (TPSA) is 15.3 Å². The van der Waals surface area contributed by atoms with E-state index < -0.39 is 0 Å². The van der Waals surface area contributed by atoms with E-state index in [1.807, 2.05) is 0 Å². The summed E-state index contributed by atoms with van der Waals surface area (Å²) in [5, 5.41) is 3.80. The van der Waals surface area contributed by atoms with Crippen LogP contribution in [0.4, 0.5) is 0 Å². The van der Waals surface area contributed by atoms with Gasteiger partial charge in [0.15, 0.2) is 0 Å². The van der Waals surface area contributed by atoms with E-state index in [0.717, 1.165) is 23.8 Å². The molecule has 2 rings (SSSR count). The van der Waals surface area contributed by atoms with E-state index in [1.165, 1.54) is 64.7 Å². The van der Waals surface area contributed by atoms with Crippen LogP contribution in [0.3, 0.4) is 0 Å². The van der Waals surface area contributed by atoms with Crippen LogP contribution < -0.4 is 5.32 Å². The van der Waals surface area contributed by atoms with Crippen molar-refractivity contribution in [3.8, 4) is 0 Å². The van der Waals surface area contributed by atoms with Gasteiger partial charge >= 0.3 is 0 Å². The molecule has 0 aromatic rings. The number of nitrogens with zero attached hydrogens (tertiary/aromatic N) is 1. The highest BCUT2D eigenvalue weighted by molar-refractivity contribution is 4.79. The summed E-state index contributed by atoms with van der Waals surface area (Å²) >= 11 is 0. The van der Waals surface area contributed by atoms with Crippen molar-refractivity contribution >= 4 is 0 Å². The average Bonchev–Trinajstić information content (AvgIpc) is 2.36. The Morgan fingerprint density at radius 1 is 0.895 bits per heavy atom. The molecule has 0 spiro atoms. The summed E-state index contributed by atoms with van der Waals surface area (Å²) in [6.45, 7) is 12.4. The number of rotatable bonds is 5. The Morgan fingerprint density at radius 3 is 2.16 bits per heavy atom. The second-order valence-electron chi connectivity index (χ2n) is 7.45. The molecule has 0 amide bonds. The first-order valence-electron chi connectivity index (χ1n) is 8.59. The van der Waals surface area contributed by atoms with Gasteiger partial charge in [-0.1, -0.05) is 20.8 Å². The molecule has 1 saturated heterocycles. The van der Waals surface area contributed by atoms with Crippen molar-refractivity contribution in [1.82, 2.24) is 10.2 Å². The lowest BCUT2D eigenvalue weighted by molar-refractivity contribution is 0.186. The van der Waals surface area contributed by atoms with Gasteiger partial charge in [0.1, 0.15) is 0 Å². The molecule has 2 unspecified atom stereocenters. The molecule has 0 radical (unpaired) electrons. The first kappa shape index (κ1) is 15.3. The summed E-state index contributed by atoms with van der Waals surface area (Å²) in [6, 6.07) is 0.792. The quantitative estimate of drug-likeness (QED) is 0.766. The highest BCUT2D eigenvalue weighted by Crippen LogP contribution is 2.28. The molecule has 2 fully saturated rings. The van der Waals surface area contributed by atoms with Crippen molar-refractivity contribution in [1.29, 1.82) is 0 Å². The second kappa shape index (κ2) is 7.64. The van der Waals surface area contributed by atoms with E-state index in [4.69, 9.17) is 0 Å². The van der Waals surface area contributed by atoms with Gasteiger partial charge in [-0.25, -0.2) is 0 Å².